The third kappa shape index (κ3) is 5.67. The fourth-order valence-corrected chi connectivity index (χ4v) is 2.35. The van der Waals surface area contributed by atoms with Gasteiger partial charge in [0.2, 0.25) is 0 Å². The van der Waals surface area contributed by atoms with Crippen molar-refractivity contribution in [1.29, 1.82) is 0 Å². The van der Waals surface area contributed by atoms with Crippen molar-refractivity contribution >= 4 is 29.1 Å². The molecule has 0 aromatic heterocycles. The Morgan fingerprint density at radius 2 is 1.64 bits per heavy atom. The van der Waals surface area contributed by atoms with E-state index in [1.54, 1.807) is 39.8 Å². The molecule has 0 heterocycles. The summed E-state index contributed by atoms with van der Waals surface area (Å²) in [6, 6.07) is 7.49. The lowest BCUT2D eigenvalue weighted by Crippen LogP contribution is -2.27. The highest BCUT2D eigenvalue weighted by Crippen LogP contribution is 2.25. The summed E-state index contributed by atoms with van der Waals surface area (Å²) in [4.78, 5) is 26.0. The summed E-state index contributed by atoms with van der Waals surface area (Å²) < 4.78 is 32.9. The molecule has 0 fully saturated rings. The van der Waals surface area contributed by atoms with E-state index in [2.05, 4.69) is 10.6 Å². The van der Waals surface area contributed by atoms with E-state index in [1.165, 1.54) is 18.2 Å². The third-order valence-corrected chi connectivity index (χ3v) is 3.56. The van der Waals surface area contributed by atoms with E-state index in [4.69, 9.17) is 4.74 Å². The number of rotatable bonds is 4. The topological polar surface area (TPSA) is 70.7 Å². The molecule has 2 N–H and O–H groups in total. The number of hydrogen-bond acceptors (Lipinski definition) is 4. The molecular formula is C20H23F2N3O3. The molecule has 2 aromatic rings. The van der Waals surface area contributed by atoms with E-state index in [9.17, 15) is 18.4 Å². The Balaban J connectivity index is 2.23. The van der Waals surface area contributed by atoms with Gasteiger partial charge in [-0.05, 0) is 57.2 Å². The number of carbonyl (C=O) groups is 2. The number of nitrogens with one attached hydrogen (secondary N) is 2. The first kappa shape index (κ1) is 21.1. The molecule has 0 saturated heterocycles. The van der Waals surface area contributed by atoms with E-state index < -0.39 is 29.2 Å². The average Bonchev–Trinajstić information content (AvgIpc) is 2.55. The van der Waals surface area contributed by atoms with E-state index in [0.717, 1.165) is 18.2 Å². The van der Waals surface area contributed by atoms with Crippen molar-refractivity contribution in [3.8, 4) is 0 Å². The molecule has 0 unspecified atom stereocenters. The molecular weight excluding hydrogens is 368 g/mol. The van der Waals surface area contributed by atoms with Crippen LogP contribution in [0.4, 0.5) is 30.6 Å². The Kier molecular flexibility index (Phi) is 6.23. The molecule has 0 atom stereocenters. The van der Waals surface area contributed by atoms with Gasteiger partial charge in [-0.3, -0.25) is 10.1 Å². The van der Waals surface area contributed by atoms with Crippen LogP contribution in [0.2, 0.25) is 0 Å². The van der Waals surface area contributed by atoms with E-state index >= 15 is 0 Å². The van der Waals surface area contributed by atoms with Gasteiger partial charge in [-0.25, -0.2) is 13.6 Å². The van der Waals surface area contributed by atoms with Gasteiger partial charge in [-0.2, -0.15) is 0 Å². The lowest BCUT2D eigenvalue weighted by molar-refractivity contribution is 0.0635. The predicted octanol–water partition coefficient (Wildman–Crippen LogP) is 4.63. The fourth-order valence-electron chi connectivity index (χ4n) is 2.35. The van der Waals surface area contributed by atoms with Crippen molar-refractivity contribution in [3.63, 3.8) is 0 Å². The summed E-state index contributed by atoms with van der Waals surface area (Å²) in [6.45, 7) is 5.10. The molecule has 28 heavy (non-hydrogen) atoms. The monoisotopic (exact) mass is 391 g/mol. The number of benzene rings is 2. The molecule has 0 radical (unpaired) electrons. The maximum Gasteiger partial charge on any atom is 0.412 e. The van der Waals surface area contributed by atoms with Crippen molar-refractivity contribution in [2.24, 2.45) is 0 Å². The molecule has 0 aliphatic rings. The van der Waals surface area contributed by atoms with Crippen molar-refractivity contribution in [2.45, 2.75) is 26.4 Å². The number of nitrogens with zero attached hydrogens (tertiary/aromatic N) is 1. The highest BCUT2D eigenvalue weighted by Gasteiger charge is 2.19. The van der Waals surface area contributed by atoms with Crippen LogP contribution in [0.5, 0.6) is 0 Å². The van der Waals surface area contributed by atoms with Crippen LogP contribution in [0.15, 0.2) is 36.4 Å². The van der Waals surface area contributed by atoms with Crippen LogP contribution in [-0.4, -0.2) is 31.7 Å². The predicted molar refractivity (Wildman–Crippen MR) is 105 cm³/mol. The second kappa shape index (κ2) is 8.24. The number of carbonyl (C=O) groups excluding carboxylic acids is 2. The zero-order valence-corrected chi connectivity index (χ0v) is 16.4. The van der Waals surface area contributed by atoms with Gasteiger partial charge < -0.3 is 15.0 Å². The van der Waals surface area contributed by atoms with Crippen LogP contribution >= 0.6 is 0 Å². The van der Waals surface area contributed by atoms with Crippen LogP contribution in [0.3, 0.4) is 0 Å². The van der Waals surface area contributed by atoms with E-state index in [-0.39, 0.29) is 16.9 Å². The number of halogens is 2. The number of amides is 2. The van der Waals surface area contributed by atoms with E-state index in [0.29, 0.717) is 5.69 Å². The molecule has 150 valence electrons. The molecule has 2 aromatic carbocycles. The summed E-state index contributed by atoms with van der Waals surface area (Å²) in [6.07, 6.45) is -0.754. The normalized spacial score (nSPS) is 11.0. The molecule has 0 saturated carbocycles. The number of ether oxygens (including phenoxy) is 1. The first-order valence-corrected chi connectivity index (χ1v) is 8.54. The molecule has 0 bridgehead atoms. The lowest BCUT2D eigenvalue weighted by Gasteiger charge is -2.20. The summed E-state index contributed by atoms with van der Waals surface area (Å²) in [5.41, 5.74) is -0.174. The molecule has 6 nitrogen and oxygen atoms in total. The Hall–Kier alpha value is -3.16. The molecule has 0 aliphatic heterocycles. The maximum atomic E-state index is 14.1. The standard InChI is InChI=1S/C20H23F2N3O3/c1-20(2,3)28-19(27)24-15-8-7-13(21)11-16(15)23-18(26)12-6-9-17(25(4)5)14(22)10-12/h6-11H,1-5H3,(H,23,26)(H,24,27). The molecule has 8 heteroatoms. The van der Waals surface area contributed by atoms with Gasteiger partial charge in [-0.1, -0.05) is 0 Å². The minimum Gasteiger partial charge on any atom is -0.444 e. The second-order valence-corrected chi connectivity index (χ2v) is 7.33. The average molecular weight is 391 g/mol. The van der Waals surface area contributed by atoms with E-state index in [1.807, 2.05) is 0 Å². The third-order valence-electron chi connectivity index (χ3n) is 3.56. The first-order valence-electron chi connectivity index (χ1n) is 8.54. The number of hydrogen-bond donors (Lipinski definition) is 2. The lowest BCUT2D eigenvalue weighted by atomic mass is 10.1. The first-order chi connectivity index (χ1) is 13.0. The minimum atomic E-state index is -0.754. The van der Waals surface area contributed by atoms with Gasteiger partial charge in [0.05, 0.1) is 17.1 Å². The maximum absolute atomic E-state index is 14.1. The van der Waals surface area contributed by atoms with Gasteiger partial charge >= 0.3 is 6.09 Å². The van der Waals surface area contributed by atoms with Crippen molar-refractivity contribution < 1.29 is 23.1 Å². The van der Waals surface area contributed by atoms with Gasteiger partial charge in [0, 0.05) is 19.7 Å². The van der Waals surface area contributed by atoms with Crippen LogP contribution in [-0.2, 0) is 4.74 Å². The fraction of sp³-hybridized carbons (Fsp3) is 0.300. The molecule has 2 amide bonds. The Labute approximate surface area is 162 Å². The zero-order valence-electron chi connectivity index (χ0n) is 16.4. The highest BCUT2D eigenvalue weighted by molar-refractivity contribution is 6.07. The van der Waals surface area contributed by atoms with Crippen molar-refractivity contribution in [1.82, 2.24) is 0 Å². The smallest absolute Gasteiger partial charge is 0.412 e. The largest absolute Gasteiger partial charge is 0.444 e. The Morgan fingerprint density at radius 1 is 0.964 bits per heavy atom. The summed E-state index contributed by atoms with van der Waals surface area (Å²) in [5.74, 6) is -1.83. The molecule has 0 spiro atoms. The minimum absolute atomic E-state index is 0.0213. The van der Waals surface area contributed by atoms with Gasteiger partial charge in [-0.15, -0.1) is 0 Å². The van der Waals surface area contributed by atoms with Crippen LogP contribution in [0.25, 0.3) is 0 Å². The molecule has 0 aliphatic carbocycles. The van der Waals surface area contributed by atoms with Crippen LogP contribution in [0, 0.1) is 11.6 Å². The Morgan fingerprint density at radius 3 is 2.21 bits per heavy atom. The quantitative estimate of drug-likeness (QED) is 0.797. The van der Waals surface area contributed by atoms with Crippen LogP contribution < -0.4 is 15.5 Å². The van der Waals surface area contributed by atoms with Gasteiger partial charge in [0.1, 0.15) is 17.2 Å². The second-order valence-electron chi connectivity index (χ2n) is 7.33. The SMILES string of the molecule is CN(C)c1ccc(C(=O)Nc2cc(F)ccc2NC(=O)OC(C)(C)C)cc1F. The summed E-state index contributed by atoms with van der Waals surface area (Å²) in [5, 5.41) is 4.95. The van der Waals surface area contributed by atoms with Gasteiger partial charge in [0.25, 0.3) is 5.91 Å². The van der Waals surface area contributed by atoms with Crippen molar-refractivity contribution in [2.75, 3.05) is 29.6 Å². The Bertz CT molecular complexity index is 893. The van der Waals surface area contributed by atoms with Crippen LogP contribution in [0.1, 0.15) is 31.1 Å². The zero-order chi connectivity index (χ0) is 21.1. The van der Waals surface area contributed by atoms with Gasteiger partial charge in [0.15, 0.2) is 0 Å². The molecule has 2 rings (SSSR count). The number of anilines is 3. The highest BCUT2D eigenvalue weighted by atomic mass is 19.1. The summed E-state index contributed by atoms with van der Waals surface area (Å²) in [7, 11) is 3.36. The van der Waals surface area contributed by atoms with Crippen molar-refractivity contribution in [3.05, 3.63) is 53.6 Å². The summed E-state index contributed by atoms with van der Waals surface area (Å²) >= 11 is 0.